The van der Waals surface area contributed by atoms with Crippen molar-refractivity contribution < 1.29 is 24.0 Å². The molecule has 11 heavy (non-hydrogen) atoms. The molecule has 1 rings (SSSR count). The maximum Gasteiger partial charge on any atom is 2.00 e. The van der Waals surface area contributed by atoms with Gasteiger partial charge in [-0.15, -0.1) is 0 Å². The molecule has 1 aliphatic carbocycles. The van der Waals surface area contributed by atoms with Crippen molar-refractivity contribution in [2.45, 2.75) is 46.0 Å². The van der Waals surface area contributed by atoms with Gasteiger partial charge in [0, 0.05) is 0 Å². The summed E-state index contributed by atoms with van der Waals surface area (Å²) in [6.45, 7) is 4.55. The standard InChI is InChI=1S/C9H17.HI.Mg/c1-8(2)9-6-4-3-5-7-9;;/h9H,3-7H2,1-2H3;1H;/q-1;;+2/p-1. The minimum Gasteiger partial charge on any atom is -1.00 e. The first-order valence-corrected chi connectivity index (χ1v) is 4.11. The third-order valence-electron chi connectivity index (χ3n) is 2.42. The fourth-order valence-corrected chi connectivity index (χ4v) is 1.68. The normalized spacial score (nSPS) is 18.8. The molecule has 1 fully saturated rings. The fourth-order valence-electron chi connectivity index (χ4n) is 1.68. The number of halogens is 1. The van der Waals surface area contributed by atoms with Crippen LogP contribution >= 0.6 is 0 Å². The van der Waals surface area contributed by atoms with Crippen LogP contribution in [0.2, 0.25) is 0 Å². The van der Waals surface area contributed by atoms with Crippen molar-refractivity contribution in [3.63, 3.8) is 0 Å². The van der Waals surface area contributed by atoms with E-state index < -0.39 is 0 Å². The van der Waals surface area contributed by atoms with E-state index in [1.54, 1.807) is 5.92 Å². The Morgan fingerprint density at radius 1 is 1.00 bits per heavy atom. The summed E-state index contributed by atoms with van der Waals surface area (Å²) in [4.78, 5) is 0. The minimum absolute atomic E-state index is 0. The summed E-state index contributed by atoms with van der Waals surface area (Å²) in [5, 5.41) is 0. The summed E-state index contributed by atoms with van der Waals surface area (Å²) in [5.74, 6) is 2.62. The largest absolute Gasteiger partial charge is 2.00 e. The van der Waals surface area contributed by atoms with E-state index in [1.165, 1.54) is 32.1 Å². The molecule has 0 aliphatic heterocycles. The second-order valence-corrected chi connectivity index (χ2v) is 3.41. The monoisotopic (exact) mass is 276 g/mol. The van der Waals surface area contributed by atoms with Crippen molar-refractivity contribution in [3.8, 4) is 0 Å². The molecule has 0 saturated heterocycles. The molecule has 0 aromatic heterocycles. The van der Waals surface area contributed by atoms with Crippen LogP contribution in [-0.4, -0.2) is 23.1 Å². The van der Waals surface area contributed by atoms with Gasteiger partial charge in [0.25, 0.3) is 0 Å². The Kier molecular flexibility index (Phi) is 11.1. The van der Waals surface area contributed by atoms with Gasteiger partial charge >= 0.3 is 23.1 Å². The maximum absolute atomic E-state index is 2.27. The summed E-state index contributed by atoms with van der Waals surface area (Å²) in [5.41, 5.74) is 0. The van der Waals surface area contributed by atoms with Gasteiger partial charge in [0.2, 0.25) is 0 Å². The molecule has 0 spiro atoms. The Hall–Kier alpha value is 1.50. The Morgan fingerprint density at radius 3 is 1.73 bits per heavy atom. The van der Waals surface area contributed by atoms with E-state index in [-0.39, 0.29) is 47.0 Å². The van der Waals surface area contributed by atoms with Crippen molar-refractivity contribution >= 4 is 23.1 Å². The van der Waals surface area contributed by atoms with E-state index in [1.807, 2.05) is 0 Å². The zero-order valence-corrected chi connectivity index (χ0v) is 11.3. The molecular formula is C9H17IMg. The second kappa shape index (κ2) is 8.11. The molecule has 2 heteroatoms. The van der Waals surface area contributed by atoms with Crippen molar-refractivity contribution in [1.29, 1.82) is 0 Å². The van der Waals surface area contributed by atoms with Gasteiger partial charge in [0.05, 0.1) is 0 Å². The summed E-state index contributed by atoms with van der Waals surface area (Å²) in [6, 6.07) is 0. The van der Waals surface area contributed by atoms with Crippen LogP contribution in [0.15, 0.2) is 0 Å². The van der Waals surface area contributed by atoms with Crippen LogP contribution in [0.1, 0.15) is 46.0 Å². The van der Waals surface area contributed by atoms with Gasteiger partial charge in [-0.05, 0) is 0 Å². The predicted octanol–water partition coefficient (Wildman–Crippen LogP) is -0.196. The van der Waals surface area contributed by atoms with Crippen LogP contribution in [0.3, 0.4) is 0 Å². The summed E-state index contributed by atoms with van der Waals surface area (Å²) in [7, 11) is 0. The third-order valence-corrected chi connectivity index (χ3v) is 2.42. The van der Waals surface area contributed by atoms with Gasteiger partial charge in [-0.1, -0.05) is 32.1 Å². The number of hydrogen-bond acceptors (Lipinski definition) is 0. The van der Waals surface area contributed by atoms with Crippen molar-refractivity contribution in [2.75, 3.05) is 0 Å². The predicted molar refractivity (Wildman–Crippen MR) is 46.9 cm³/mol. The van der Waals surface area contributed by atoms with Crippen LogP contribution in [0.5, 0.6) is 0 Å². The summed E-state index contributed by atoms with van der Waals surface area (Å²) >= 11 is 0. The average Bonchev–Trinajstić information content (AvgIpc) is 1.90. The molecule has 0 bridgehead atoms. The fraction of sp³-hybridized carbons (Fsp3) is 0.889. The van der Waals surface area contributed by atoms with Crippen LogP contribution in [-0.2, 0) is 0 Å². The Balaban J connectivity index is 0. The summed E-state index contributed by atoms with van der Waals surface area (Å²) < 4.78 is 0. The van der Waals surface area contributed by atoms with Gasteiger partial charge in [0.15, 0.2) is 0 Å². The van der Waals surface area contributed by atoms with Crippen LogP contribution in [0, 0.1) is 11.8 Å². The topological polar surface area (TPSA) is 0 Å². The van der Waals surface area contributed by atoms with E-state index in [9.17, 15) is 0 Å². The summed E-state index contributed by atoms with van der Waals surface area (Å²) in [6.07, 6.45) is 7.33. The number of rotatable bonds is 1. The number of hydrogen-bond donors (Lipinski definition) is 0. The first kappa shape index (κ1) is 15.0. The van der Waals surface area contributed by atoms with Gasteiger partial charge in [-0.2, -0.15) is 19.8 Å². The molecule has 0 unspecified atom stereocenters. The van der Waals surface area contributed by atoms with E-state index in [4.69, 9.17) is 0 Å². The minimum atomic E-state index is 0. The van der Waals surface area contributed by atoms with E-state index >= 15 is 0 Å². The molecule has 0 heterocycles. The van der Waals surface area contributed by atoms with Gasteiger partial charge < -0.3 is 29.9 Å². The molecule has 0 nitrogen and oxygen atoms in total. The van der Waals surface area contributed by atoms with E-state index in [0.29, 0.717) is 0 Å². The molecular weight excluding hydrogens is 259 g/mol. The Morgan fingerprint density at radius 2 is 1.45 bits per heavy atom. The molecule has 0 atom stereocenters. The quantitative estimate of drug-likeness (QED) is 0.354. The molecule has 1 aliphatic rings. The average molecular weight is 276 g/mol. The maximum atomic E-state index is 2.27. The molecule has 1 saturated carbocycles. The third kappa shape index (κ3) is 5.69. The van der Waals surface area contributed by atoms with Gasteiger partial charge in [-0.3, -0.25) is 0 Å². The first-order valence-electron chi connectivity index (χ1n) is 4.11. The smallest absolute Gasteiger partial charge is 1.00 e. The van der Waals surface area contributed by atoms with Crippen LogP contribution in [0.25, 0.3) is 0 Å². The first-order chi connectivity index (χ1) is 4.30. The van der Waals surface area contributed by atoms with E-state index in [2.05, 4.69) is 13.8 Å². The molecule has 0 aromatic rings. The Bertz CT molecular complexity index is 77.6. The SMILES string of the molecule is C[C-](C)C1CCCCC1.[I-].[Mg+2]. The van der Waals surface area contributed by atoms with Crippen molar-refractivity contribution in [2.24, 2.45) is 5.92 Å². The molecule has 0 aromatic carbocycles. The van der Waals surface area contributed by atoms with E-state index in [0.717, 1.165) is 5.92 Å². The van der Waals surface area contributed by atoms with Crippen LogP contribution < -0.4 is 24.0 Å². The van der Waals surface area contributed by atoms with Crippen molar-refractivity contribution in [1.82, 2.24) is 0 Å². The molecule has 0 radical (unpaired) electrons. The van der Waals surface area contributed by atoms with Gasteiger partial charge in [-0.25, -0.2) is 0 Å². The van der Waals surface area contributed by atoms with Crippen LogP contribution in [0.4, 0.5) is 0 Å². The molecule has 0 amide bonds. The molecule has 0 N–H and O–H groups in total. The van der Waals surface area contributed by atoms with Crippen molar-refractivity contribution in [3.05, 3.63) is 5.92 Å². The zero-order valence-electron chi connectivity index (χ0n) is 7.70. The Labute approximate surface area is 104 Å². The van der Waals surface area contributed by atoms with Gasteiger partial charge in [0.1, 0.15) is 0 Å². The molecule has 62 valence electrons. The second-order valence-electron chi connectivity index (χ2n) is 3.41. The zero-order chi connectivity index (χ0) is 6.69.